The summed E-state index contributed by atoms with van der Waals surface area (Å²) in [5.41, 5.74) is 1.48. The van der Waals surface area contributed by atoms with Crippen LogP contribution in [0.15, 0.2) is 11.4 Å². The van der Waals surface area contributed by atoms with Gasteiger partial charge in [0.25, 0.3) is 0 Å². The van der Waals surface area contributed by atoms with E-state index >= 15 is 0 Å². The Balaban J connectivity index is 2.24. The number of nitrogens with one attached hydrogen (secondary N) is 1. The smallest absolute Gasteiger partial charge is 0.104 e. The maximum atomic E-state index is 5.76. The van der Waals surface area contributed by atoms with Crippen molar-refractivity contribution in [2.75, 3.05) is 20.2 Å². The molecular weight excluding hydrogens is 182 g/mol. The lowest BCUT2D eigenvalue weighted by Crippen LogP contribution is -2.25. The molecule has 0 radical (unpaired) electrons. The maximum absolute atomic E-state index is 5.76. The van der Waals surface area contributed by atoms with E-state index in [1.807, 2.05) is 18.4 Å². The Morgan fingerprint density at radius 1 is 1.69 bits per heavy atom. The van der Waals surface area contributed by atoms with Crippen molar-refractivity contribution in [1.82, 2.24) is 5.32 Å². The van der Waals surface area contributed by atoms with Gasteiger partial charge in [0.1, 0.15) is 6.10 Å². The number of thiophene rings is 1. The Morgan fingerprint density at radius 3 is 3.31 bits per heavy atom. The largest absolute Gasteiger partial charge is 0.371 e. The fourth-order valence-corrected chi connectivity index (χ4v) is 2.83. The van der Waals surface area contributed by atoms with Crippen molar-refractivity contribution >= 4 is 11.3 Å². The summed E-state index contributed by atoms with van der Waals surface area (Å²) in [6.45, 7) is 4.00. The molecule has 1 aromatic rings. The van der Waals surface area contributed by atoms with E-state index in [2.05, 4.69) is 23.7 Å². The monoisotopic (exact) mass is 197 g/mol. The Bertz CT molecular complexity index is 284. The van der Waals surface area contributed by atoms with E-state index in [1.165, 1.54) is 10.4 Å². The van der Waals surface area contributed by atoms with Crippen molar-refractivity contribution in [3.63, 3.8) is 0 Å². The van der Waals surface area contributed by atoms with Crippen molar-refractivity contribution in [2.45, 2.75) is 18.9 Å². The molecule has 2 atom stereocenters. The number of hydrogen-bond donors (Lipinski definition) is 1. The van der Waals surface area contributed by atoms with Crippen LogP contribution in [0.5, 0.6) is 0 Å². The maximum Gasteiger partial charge on any atom is 0.104 e. The number of likely N-dealkylation sites (N-methyl/N-ethyl adjacent to an activating group) is 1. The molecular formula is C10H15NOS. The first-order chi connectivity index (χ1) is 6.33. The molecule has 0 bridgehead atoms. The van der Waals surface area contributed by atoms with Gasteiger partial charge in [-0.1, -0.05) is 6.92 Å². The third-order valence-electron chi connectivity index (χ3n) is 2.49. The number of rotatable bonds is 2. The summed E-state index contributed by atoms with van der Waals surface area (Å²) in [4.78, 5) is 1.41. The summed E-state index contributed by atoms with van der Waals surface area (Å²) in [5.74, 6) is 0.564. The van der Waals surface area contributed by atoms with Gasteiger partial charge >= 0.3 is 0 Å². The van der Waals surface area contributed by atoms with Crippen LogP contribution in [0, 0.1) is 0 Å². The molecule has 72 valence electrons. The van der Waals surface area contributed by atoms with E-state index in [9.17, 15) is 0 Å². The van der Waals surface area contributed by atoms with Crippen LogP contribution < -0.4 is 5.32 Å². The predicted octanol–water partition coefficient (Wildman–Crippen LogP) is 2.14. The second-order valence-corrected chi connectivity index (χ2v) is 4.47. The molecule has 1 aromatic heterocycles. The van der Waals surface area contributed by atoms with Crippen LogP contribution in [0.3, 0.4) is 0 Å². The average molecular weight is 197 g/mol. The minimum atomic E-state index is 0.274. The van der Waals surface area contributed by atoms with Gasteiger partial charge in [0.15, 0.2) is 0 Å². The molecule has 2 nitrogen and oxygen atoms in total. The predicted molar refractivity (Wildman–Crippen MR) is 55.4 cm³/mol. The van der Waals surface area contributed by atoms with Crippen molar-refractivity contribution in [1.29, 1.82) is 0 Å². The summed E-state index contributed by atoms with van der Waals surface area (Å²) in [6, 6.07) is 2.23. The van der Waals surface area contributed by atoms with Crippen molar-refractivity contribution in [3.8, 4) is 0 Å². The Hall–Kier alpha value is -0.380. The van der Waals surface area contributed by atoms with E-state index < -0.39 is 0 Å². The zero-order valence-corrected chi connectivity index (χ0v) is 8.86. The Kier molecular flexibility index (Phi) is 2.67. The molecule has 1 N–H and O–H groups in total. The molecule has 0 aromatic carbocycles. The zero-order valence-electron chi connectivity index (χ0n) is 8.04. The summed E-state index contributed by atoms with van der Waals surface area (Å²) in [6.07, 6.45) is 0.274. The van der Waals surface area contributed by atoms with Crippen molar-refractivity contribution < 1.29 is 4.74 Å². The first-order valence-corrected chi connectivity index (χ1v) is 5.54. The van der Waals surface area contributed by atoms with Crippen LogP contribution in [0.1, 0.15) is 29.4 Å². The van der Waals surface area contributed by atoms with E-state index in [-0.39, 0.29) is 6.10 Å². The summed E-state index contributed by atoms with van der Waals surface area (Å²) in [5, 5.41) is 5.33. The molecule has 1 aliphatic heterocycles. The number of ether oxygens (including phenoxy) is 1. The second kappa shape index (κ2) is 3.78. The van der Waals surface area contributed by atoms with Gasteiger partial charge in [-0.05, 0) is 24.1 Å². The third-order valence-corrected chi connectivity index (χ3v) is 3.51. The highest BCUT2D eigenvalue weighted by Gasteiger charge is 2.25. The fourth-order valence-electron chi connectivity index (χ4n) is 1.76. The topological polar surface area (TPSA) is 21.3 Å². The molecule has 0 amide bonds. The fraction of sp³-hybridized carbons (Fsp3) is 0.600. The number of fused-ring (bicyclic) bond motifs is 1. The van der Waals surface area contributed by atoms with Gasteiger partial charge in [0.2, 0.25) is 0 Å². The Morgan fingerprint density at radius 2 is 2.54 bits per heavy atom. The molecule has 0 fully saturated rings. The molecule has 3 heteroatoms. The van der Waals surface area contributed by atoms with Gasteiger partial charge in [-0.3, -0.25) is 0 Å². The van der Waals surface area contributed by atoms with Crippen LogP contribution >= 0.6 is 11.3 Å². The van der Waals surface area contributed by atoms with Gasteiger partial charge < -0.3 is 10.1 Å². The highest BCUT2D eigenvalue weighted by Crippen LogP contribution is 2.36. The van der Waals surface area contributed by atoms with Gasteiger partial charge in [-0.2, -0.15) is 0 Å². The van der Waals surface area contributed by atoms with Crippen molar-refractivity contribution in [3.05, 3.63) is 21.9 Å². The SMILES string of the molecule is CNC[C@@H]1OC[C@H](C)c2ccsc21. The van der Waals surface area contributed by atoms with E-state index in [0.29, 0.717) is 5.92 Å². The van der Waals surface area contributed by atoms with Gasteiger partial charge in [-0.25, -0.2) is 0 Å². The van der Waals surface area contributed by atoms with E-state index in [4.69, 9.17) is 4.74 Å². The lowest BCUT2D eigenvalue weighted by Gasteiger charge is -2.27. The zero-order chi connectivity index (χ0) is 9.26. The first kappa shape index (κ1) is 9.19. The van der Waals surface area contributed by atoms with Crippen LogP contribution in [0.25, 0.3) is 0 Å². The molecule has 0 saturated heterocycles. The molecule has 2 heterocycles. The van der Waals surface area contributed by atoms with Crippen LogP contribution in [-0.4, -0.2) is 20.2 Å². The molecule has 2 rings (SSSR count). The summed E-state index contributed by atoms with van der Waals surface area (Å²) >= 11 is 1.81. The summed E-state index contributed by atoms with van der Waals surface area (Å²) in [7, 11) is 1.97. The molecule has 0 spiro atoms. The highest BCUT2D eigenvalue weighted by atomic mass is 32.1. The standard InChI is InChI=1S/C10H15NOS/c1-7-6-12-9(5-11-2)10-8(7)3-4-13-10/h3-4,7,9,11H,5-6H2,1-2H3/t7-,9-/m0/s1. The van der Waals surface area contributed by atoms with Gasteiger partial charge in [0, 0.05) is 17.3 Å². The average Bonchev–Trinajstić information content (AvgIpc) is 2.59. The number of hydrogen-bond acceptors (Lipinski definition) is 3. The van der Waals surface area contributed by atoms with Gasteiger partial charge in [0.05, 0.1) is 6.61 Å². The lowest BCUT2D eigenvalue weighted by molar-refractivity contribution is 0.0350. The highest BCUT2D eigenvalue weighted by molar-refractivity contribution is 7.10. The van der Waals surface area contributed by atoms with Gasteiger partial charge in [-0.15, -0.1) is 11.3 Å². The molecule has 0 aliphatic carbocycles. The van der Waals surface area contributed by atoms with E-state index in [1.54, 1.807) is 0 Å². The van der Waals surface area contributed by atoms with Crippen LogP contribution in [-0.2, 0) is 4.74 Å². The van der Waals surface area contributed by atoms with Crippen molar-refractivity contribution in [2.24, 2.45) is 0 Å². The van der Waals surface area contributed by atoms with E-state index in [0.717, 1.165) is 13.2 Å². The van der Waals surface area contributed by atoms with Crippen LogP contribution in [0.2, 0.25) is 0 Å². The molecule has 0 saturated carbocycles. The molecule has 1 aliphatic rings. The lowest BCUT2D eigenvalue weighted by atomic mass is 9.98. The minimum absolute atomic E-state index is 0.274. The second-order valence-electron chi connectivity index (χ2n) is 3.52. The molecule has 0 unspecified atom stereocenters. The van der Waals surface area contributed by atoms with Crippen LogP contribution in [0.4, 0.5) is 0 Å². The quantitative estimate of drug-likeness (QED) is 0.784. The third kappa shape index (κ3) is 1.64. The summed E-state index contributed by atoms with van der Waals surface area (Å²) < 4.78 is 5.76. The Labute approximate surface area is 82.9 Å². The normalized spacial score (nSPS) is 27.2. The minimum Gasteiger partial charge on any atom is -0.371 e. The molecule has 13 heavy (non-hydrogen) atoms. The first-order valence-electron chi connectivity index (χ1n) is 4.66.